The van der Waals surface area contributed by atoms with Crippen LogP contribution in [0.25, 0.3) is 0 Å². The van der Waals surface area contributed by atoms with E-state index in [1.54, 1.807) is 0 Å². The highest BCUT2D eigenvalue weighted by Crippen LogP contribution is 2.77. The van der Waals surface area contributed by atoms with E-state index in [2.05, 4.69) is 41.2 Å². The van der Waals surface area contributed by atoms with Crippen molar-refractivity contribution in [3.63, 3.8) is 0 Å². The van der Waals surface area contributed by atoms with Gasteiger partial charge in [-0.05, 0) is 110 Å². The molecular formula is C34H52O6. The van der Waals surface area contributed by atoms with Gasteiger partial charge in [-0.25, -0.2) is 4.79 Å². The molecule has 0 radical (unpaired) electrons. The van der Waals surface area contributed by atoms with Crippen LogP contribution in [0.5, 0.6) is 0 Å². The van der Waals surface area contributed by atoms with Crippen molar-refractivity contribution in [1.82, 2.24) is 0 Å². The van der Waals surface area contributed by atoms with E-state index in [9.17, 15) is 19.5 Å². The Kier molecular flexibility index (Phi) is 7.11. The first-order valence-electron chi connectivity index (χ1n) is 15.8. The van der Waals surface area contributed by atoms with E-state index < -0.39 is 5.97 Å². The average Bonchev–Trinajstić information content (AvgIpc) is 3.24. The van der Waals surface area contributed by atoms with Gasteiger partial charge in [0.15, 0.2) is 0 Å². The van der Waals surface area contributed by atoms with Crippen LogP contribution in [0.4, 0.5) is 0 Å². The zero-order valence-electron chi connectivity index (χ0n) is 25.9. The monoisotopic (exact) mass is 556 g/mol. The van der Waals surface area contributed by atoms with Gasteiger partial charge in [-0.1, -0.05) is 41.2 Å². The summed E-state index contributed by atoms with van der Waals surface area (Å²) in [5, 5.41) is 10.0. The third-order valence-corrected chi connectivity index (χ3v) is 14.1. The Morgan fingerprint density at radius 3 is 2.12 bits per heavy atom. The molecule has 6 heteroatoms. The number of hydrogen-bond acceptors (Lipinski definition) is 5. The summed E-state index contributed by atoms with van der Waals surface area (Å²) in [7, 11) is 0. The molecule has 5 rings (SSSR count). The molecule has 0 spiro atoms. The van der Waals surface area contributed by atoms with E-state index in [1.165, 1.54) is 13.8 Å². The van der Waals surface area contributed by atoms with Crippen LogP contribution < -0.4 is 0 Å². The molecule has 6 nitrogen and oxygen atoms in total. The Bertz CT molecular complexity index is 1090. The minimum Gasteiger partial charge on any atom is -0.478 e. The molecule has 0 aromatic rings. The lowest BCUT2D eigenvalue weighted by Gasteiger charge is -2.73. The highest BCUT2D eigenvalue weighted by molar-refractivity contribution is 5.86. The summed E-state index contributed by atoms with van der Waals surface area (Å²) in [6.07, 6.45) is 10.3. The van der Waals surface area contributed by atoms with E-state index in [1.807, 2.05) is 0 Å². The van der Waals surface area contributed by atoms with Gasteiger partial charge < -0.3 is 14.6 Å². The van der Waals surface area contributed by atoms with Gasteiger partial charge in [-0.3, -0.25) is 9.59 Å². The summed E-state index contributed by atoms with van der Waals surface area (Å²) < 4.78 is 11.6. The number of aliphatic carboxylic acids is 1. The fourth-order valence-corrected chi connectivity index (χ4v) is 12.2. The number of carbonyl (C=O) groups is 3. The number of hydrogen-bond donors (Lipinski definition) is 1. The van der Waals surface area contributed by atoms with E-state index in [0.29, 0.717) is 29.9 Å². The molecule has 40 heavy (non-hydrogen) atoms. The Balaban J connectivity index is 1.51. The van der Waals surface area contributed by atoms with E-state index in [4.69, 9.17) is 9.47 Å². The summed E-state index contributed by atoms with van der Waals surface area (Å²) in [6.45, 7) is 19.8. The van der Waals surface area contributed by atoms with E-state index >= 15 is 0 Å². The van der Waals surface area contributed by atoms with Crippen molar-refractivity contribution in [3.8, 4) is 0 Å². The van der Waals surface area contributed by atoms with Crippen molar-refractivity contribution >= 4 is 17.9 Å². The molecule has 0 aromatic heterocycles. The fourth-order valence-electron chi connectivity index (χ4n) is 12.2. The van der Waals surface area contributed by atoms with Crippen molar-refractivity contribution in [1.29, 1.82) is 0 Å². The molecule has 5 aliphatic rings. The third kappa shape index (κ3) is 4.04. The number of ether oxygens (including phenoxy) is 2. The van der Waals surface area contributed by atoms with Crippen molar-refractivity contribution < 1.29 is 29.0 Å². The van der Waals surface area contributed by atoms with Gasteiger partial charge in [-0.2, -0.15) is 0 Å². The highest BCUT2D eigenvalue weighted by Gasteiger charge is 2.71. The first kappa shape index (κ1) is 29.6. The number of rotatable bonds is 5. The lowest BCUT2D eigenvalue weighted by molar-refractivity contribution is -0.252. The number of fused-ring (bicyclic) bond motifs is 7. The second-order valence-corrected chi connectivity index (χ2v) is 15.8. The summed E-state index contributed by atoms with van der Waals surface area (Å²) in [4.78, 5) is 36.1. The van der Waals surface area contributed by atoms with Crippen LogP contribution in [0.3, 0.4) is 0 Å². The van der Waals surface area contributed by atoms with Crippen LogP contribution in [0.1, 0.15) is 113 Å². The summed E-state index contributed by atoms with van der Waals surface area (Å²) in [6, 6.07) is 0. The highest BCUT2D eigenvalue weighted by atomic mass is 16.5. The number of carboxylic acids is 1. The topological polar surface area (TPSA) is 89.9 Å². The Morgan fingerprint density at radius 2 is 1.50 bits per heavy atom. The SMILES string of the molecule is C=C(C(=O)O)[C@@H]1CC[C@]2(COC(C)=O)CC[C@]3(C)[C@H](CC[C@@H]4[C@@]5(C)CC[C@H](OC(C)=O)C(C)(C)[C@@H]5CC[C@]43C)[C@@H]12. The number of carbonyl (C=O) groups excluding carboxylic acids is 2. The van der Waals surface area contributed by atoms with E-state index in [-0.39, 0.29) is 57.0 Å². The molecule has 0 aliphatic heterocycles. The maximum absolute atomic E-state index is 12.2. The molecule has 0 heterocycles. The van der Waals surface area contributed by atoms with Crippen LogP contribution in [-0.4, -0.2) is 35.7 Å². The van der Waals surface area contributed by atoms with Crippen LogP contribution >= 0.6 is 0 Å². The van der Waals surface area contributed by atoms with E-state index in [0.717, 1.165) is 64.2 Å². The first-order valence-corrected chi connectivity index (χ1v) is 15.8. The summed E-state index contributed by atoms with van der Waals surface area (Å²) in [5.41, 5.74) is 0.496. The summed E-state index contributed by atoms with van der Waals surface area (Å²) >= 11 is 0. The maximum Gasteiger partial charge on any atom is 0.331 e. The molecule has 1 N–H and O–H groups in total. The lowest BCUT2D eigenvalue weighted by Crippen LogP contribution is -2.67. The Morgan fingerprint density at radius 1 is 0.800 bits per heavy atom. The molecule has 224 valence electrons. The van der Waals surface area contributed by atoms with Crippen molar-refractivity contribution in [3.05, 3.63) is 12.2 Å². The molecule has 5 saturated carbocycles. The normalized spacial score (nSPS) is 47.1. The third-order valence-electron chi connectivity index (χ3n) is 14.1. The Labute approximate surface area is 241 Å². The second-order valence-electron chi connectivity index (χ2n) is 15.8. The number of esters is 2. The van der Waals surface area contributed by atoms with Crippen molar-refractivity contribution in [2.45, 2.75) is 119 Å². The lowest BCUT2D eigenvalue weighted by atomic mass is 9.32. The zero-order chi connectivity index (χ0) is 29.5. The molecule has 0 amide bonds. The predicted molar refractivity (Wildman–Crippen MR) is 153 cm³/mol. The number of carboxylic acid groups (broad SMARTS) is 1. The quantitative estimate of drug-likeness (QED) is 0.284. The van der Waals surface area contributed by atoms with Gasteiger partial charge in [0.1, 0.15) is 6.10 Å². The molecule has 0 bridgehead atoms. The van der Waals surface area contributed by atoms with Crippen molar-refractivity contribution in [2.75, 3.05) is 6.61 Å². The molecule has 0 aromatic carbocycles. The van der Waals surface area contributed by atoms with Gasteiger partial charge in [0.25, 0.3) is 0 Å². The predicted octanol–water partition coefficient (Wildman–Crippen LogP) is 7.20. The molecular weight excluding hydrogens is 504 g/mol. The van der Waals surface area contributed by atoms with Gasteiger partial charge in [0.05, 0.1) is 6.61 Å². The minimum absolute atomic E-state index is 0.0304. The van der Waals surface area contributed by atoms with Crippen LogP contribution in [0.15, 0.2) is 12.2 Å². The Hall–Kier alpha value is -1.85. The molecule has 0 saturated heterocycles. The molecule has 5 fully saturated rings. The van der Waals surface area contributed by atoms with Gasteiger partial charge in [0.2, 0.25) is 0 Å². The zero-order valence-corrected chi connectivity index (χ0v) is 25.9. The largest absolute Gasteiger partial charge is 0.478 e. The second kappa shape index (κ2) is 9.59. The molecule has 5 aliphatic carbocycles. The van der Waals surface area contributed by atoms with Gasteiger partial charge in [0, 0.05) is 30.3 Å². The minimum atomic E-state index is -0.889. The smallest absolute Gasteiger partial charge is 0.331 e. The average molecular weight is 557 g/mol. The maximum atomic E-state index is 12.2. The standard InChI is InChI=1S/C34H52O6/c1-20(29(37)38)23-11-16-34(19-39-21(2)35)18-17-32(7)24(28(23)34)9-10-26-31(6)14-13-27(40-22(3)36)30(4,5)25(31)12-15-33(26,32)8/h23-28H,1,9-19H2,2-8H3,(H,37,38)/t23-,24+,25-,26+,27-,28+,31-,32+,33+,34+/m0/s1. The van der Waals surface area contributed by atoms with Gasteiger partial charge in [-0.15, -0.1) is 0 Å². The fraction of sp³-hybridized carbons (Fsp3) is 0.853. The molecule has 10 atom stereocenters. The summed E-state index contributed by atoms with van der Waals surface area (Å²) in [5.74, 6) is 0.235. The van der Waals surface area contributed by atoms with Crippen LogP contribution in [0, 0.1) is 56.7 Å². The van der Waals surface area contributed by atoms with Crippen molar-refractivity contribution in [2.24, 2.45) is 56.7 Å². The first-order chi connectivity index (χ1) is 18.5. The molecule has 0 unspecified atom stereocenters. The van der Waals surface area contributed by atoms with Crippen LogP contribution in [0.2, 0.25) is 0 Å². The van der Waals surface area contributed by atoms with Gasteiger partial charge >= 0.3 is 17.9 Å². The van der Waals surface area contributed by atoms with Crippen LogP contribution in [-0.2, 0) is 23.9 Å².